The molecule has 1 aromatic carbocycles. The van der Waals surface area contributed by atoms with Crippen molar-refractivity contribution in [3.05, 3.63) is 53.3 Å². The van der Waals surface area contributed by atoms with Gasteiger partial charge in [-0.1, -0.05) is 24.3 Å². The first-order chi connectivity index (χ1) is 9.60. The predicted molar refractivity (Wildman–Crippen MR) is 82.5 cm³/mol. The van der Waals surface area contributed by atoms with E-state index in [1.54, 1.807) is 0 Å². The molecule has 1 aromatic heterocycles. The second kappa shape index (κ2) is 6.68. The normalized spacial score (nSPS) is 12.8. The molecule has 108 valence electrons. The highest BCUT2D eigenvalue weighted by Gasteiger charge is 2.14. The molecule has 1 unspecified atom stereocenters. The van der Waals surface area contributed by atoms with Crippen LogP contribution in [0.2, 0.25) is 0 Å². The number of nitrogens with one attached hydrogen (secondary N) is 1. The molecule has 0 aliphatic heterocycles. The molecular formula is C16H24N4. The molecule has 0 aliphatic carbocycles. The summed E-state index contributed by atoms with van der Waals surface area (Å²) in [5, 5.41) is 7.63. The summed E-state index contributed by atoms with van der Waals surface area (Å²) in [6.07, 6.45) is 4.00. The zero-order chi connectivity index (χ0) is 14.5. The van der Waals surface area contributed by atoms with Crippen molar-refractivity contribution in [3.8, 4) is 0 Å². The van der Waals surface area contributed by atoms with E-state index < -0.39 is 0 Å². The third kappa shape index (κ3) is 3.68. The van der Waals surface area contributed by atoms with E-state index in [0.29, 0.717) is 6.04 Å². The summed E-state index contributed by atoms with van der Waals surface area (Å²) in [5.74, 6) is 0. The molecular weight excluding hydrogens is 248 g/mol. The molecule has 4 nitrogen and oxygen atoms in total. The van der Waals surface area contributed by atoms with E-state index in [0.717, 1.165) is 13.1 Å². The third-order valence-corrected chi connectivity index (χ3v) is 3.62. The number of rotatable bonds is 6. The summed E-state index contributed by atoms with van der Waals surface area (Å²) in [6, 6.07) is 8.91. The highest BCUT2D eigenvalue weighted by molar-refractivity contribution is 5.29. The van der Waals surface area contributed by atoms with E-state index in [4.69, 9.17) is 0 Å². The first kappa shape index (κ1) is 14.8. The number of aromatic nitrogens is 2. The van der Waals surface area contributed by atoms with Gasteiger partial charge in [-0.15, -0.1) is 0 Å². The van der Waals surface area contributed by atoms with Crippen LogP contribution in [0.1, 0.15) is 22.7 Å². The first-order valence-electron chi connectivity index (χ1n) is 6.99. The van der Waals surface area contributed by atoms with Crippen molar-refractivity contribution in [3.63, 3.8) is 0 Å². The van der Waals surface area contributed by atoms with Gasteiger partial charge in [0.2, 0.25) is 0 Å². The van der Waals surface area contributed by atoms with Crippen LogP contribution in [0.5, 0.6) is 0 Å². The number of nitrogens with zero attached hydrogens (tertiary/aromatic N) is 3. The lowest BCUT2D eigenvalue weighted by Crippen LogP contribution is -2.31. The van der Waals surface area contributed by atoms with E-state index in [9.17, 15) is 0 Å². The Labute approximate surface area is 121 Å². The minimum Gasteiger partial charge on any atom is -0.312 e. The molecule has 1 N–H and O–H groups in total. The first-order valence-corrected chi connectivity index (χ1v) is 6.99. The number of benzene rings is 1. The highest BCUT2D eigenvalue weighted by atomic mass is 15.2. The van der Waals surface area contributed by atoms with Crippen molar-refractivity contribution in [1.82, 2.24) is 20.0 Å². The SMILES string of the molecule is CNC(CN(C)Cc1cnn(C)c1)c1ccccc1C. The molecule has 1 heterocycles. The van der Waals surface area contributed by atoms with Crippen LogP contribution in [0.4, 0.5) is 0 Å². The van der Waals surface area contributed by atoms with Crippen LogP contribution in [0, 0.1) is 6.92 Å². The molecule has 4 heteroatoms. The van der Waals surface area contributed by atoms with Gasteiger partial charge < -0.3 is 10.2 Å². The summed E-state index contributed by atoms with van der Waals surface area (Å²) in [6.45, 7) is 4.05. The van der Waals surface area contributed by atoms with Crippen LogP contribution in [0.15, 0.2) is 36.7 Å². The Morgan fingerprint density at radius 2 is 2.10 bits per heavy atom. The molecule has 1 atom stereocenters. The molecule has 0 spiro atoms. The van der Waals surface area contributed by atoms with Gasteiger partial charge in [0.1, 0.15) is 0 Å². The van der Waals surface area contributed by atoms with E-state index >= 15 is 0 Å². The van der Waals surface area contributed by atoms with E-state index in [2.05, 4.69) is 59.7 Å². The van der Waals surface area contributed by atoms with E-state index in [1.165, 1.54) is 16.7 Å². The third-order valence-electron chi connectivity index (χ3n) is 3.62. The van der Waals surface area contributed by atoms with Crippen LogP contribution >= 0.6 is 0 Å². The molecule has 0 fully saturated rings. The second-order valence-electron chi connectivity index (χ2n) is 5.42. The van der Waals surface area contributed by atoms with Gasteiger partial charge in [0.05, 0.1) is 6.20 Å². The lowest BCUT2D eigenvalue weighted by atomic mass is 10.0. The standard InChI is InChI=1S/C16H24N4/c1-13-7-5-6-8-15(13)16(17-2)12-19(3)10-14-9-18-20(4)11-14/h5-9,11,16-17H,10,12H2,1-4H3. The van der Waals surface area contributed by atoms with Crippen LogP contribution in [0.3, 0.4) is 0 Å². The number of likely N-dealkylation sites (N-methyl/N-ethyl adjacent to an activating group) is 2. The van der Waals surface area contributed by atoms with Gasteiger partial charge in [0.15, 0.2) is 0 Å². The zero-order valence-electron chi connectivity index (χ0n) is 12.8. The van der Waals surface area contributed by atoms with Gasteiger partial charge in [-0.2, -0.15) is 5.10 Å². The Morgan fingerprint density at radius 1 is 1.35 bits per heavy atom. The summed E-state index contributed by atoms with van der Waals surface area (Å²) in [4.78, 5) is 2.32. The van der Waals surface area contributed by atoms with Crippen molar-refractivity contribution in [2.75, 3.05) is 20.6 Å². The average molecular weight is 272 g/mol. The zero-order valence-corrected chi connectivity index (χ0v) is 12.8. The second-order valence-corrected chi connectivity index (χ2v) is 5.42. The molecule has 0 aliphatic rings. The Balaban J connectivity index is 2.01. The molecule has 0 saturated carbocycles. The Kier molecular flexibility index (Phi) is 4.93. The molecule has 0 radical (unpaired) electrons. The van der Waals surface area contributed by atoms with Crippen molar-refractivity contribution >= 4 is 0 Å². The molecule has 0 bridgehead atoms. The van der Waals surface area contributed by atoms with E-state index in [1.807, 2.05) is 25.0 Å². The number of aryl methyl sites for hydroxylation is 2. The van der Waals surface area contributed by atoms with Gasteiger partial charge in [-0.3, -0.25) is 4.68 Å². The average Bonchev–Trinajstić information content (AvgIpc) is 2.82. The van der Waals surface area contributed by atoms with Crippen LogP contribution in [-0.2, 0) is 13.6 Å². The summed E-state index contributed by atoms with van der Waals surface area (Å²) in [7, 11) is 6.12. The topological polar surface area (TPSA) is 33.1 Å². The molecule has 0 saturated heterocycles. The number of hydrogen-bond acceptors (Lipinski definition) is 3. The molecule has 2 aromatic rings. The van der Waals surface area contributed by atoms with Crippen molar-refractivity contribution in [2.24, 2.45) is 7.05 Å². The fourth-order valence-corrected chi connectivity index (χ4v) is 2.56. The monoisotopic (exact) mass is 272 g/mol. The Morgan fingerprint density at radius 3 is 2.70 bits per heavy atom. The minimum absolute atomic E-state index is 0.345. The lowest BCUT2D eigenvalue weighted by Gasteiger charge is -2.25. The fraction of sp³-hybridized carbons (Fsp3) is 0.438. The largest absolute Gasteiger partial charge is 0.312 e. The molecule has 20 heavy (non-hydrogen) atoms. The van der Waals surface area contributed by atoms with Gasteiger partial charge >= 0.3 is 0 Å². The molecule has 0 amide bonds. The maximum Gasteiger partial charge on any atom is 0.0534 e. The summed E-state index contributed by atoms with van der Waals surface area (Å²) in [5.41, 5.74) is 3.95. The number of hydrogen-bond donors (Lipinski definition) is 1. The maximum atomic E-state index is 4.22. The van der Waals surface area contributed by atoms with Crippen LogP contribution in [0.25, 0.3) is 0 Å². The quantitative estimate of drug-likeness (QED) is 0.874. The molecule has 2 rings (SSSR count). The summed E-state index contributed by atoms with van der Waals surface area (Å²) >= 11 is 0. The van der Waals surface area contributed by atoms with Crippen molar-refractivity contribution in [1.29, 1.82) is 0 Å². The Bertz CT molecular complexity index is 547. The van der Waals surface area contributed by atoms with Crippen molar-refractivity contribution < 1.29 is 0 Å². The summed E-state index contributed by atoms with van der Waals surface area (Å²) < 4.78 is 1.85. The predicted octanol–water partition coefficient (Wildman–Crippen LogP) is 2.12. The van der Waals surface area contributed by atoms with Gasteiger partial charge in [0.25, 0.3) is 0 Å². The van der Waals surface area contributed by atoms with Crippen LogP contribution < -0.4 is 5.32 Å². The fourth-order valence-electron chi connectivity index (χ4n) is 2.56. The Hall–Kier alpha value is -1.65. The van der Waals surface area contributed by atoms with Gasteiger partial charge in [-0.05, 0) is 32.1 Å². The van der Waals surface area contributed by atoms with Gasteiger partial charge in [0, 0.05) is 37.9 Å². The lowest BCUT2D eigenvalue weighted by molar-refractivity contribution is 0.289. The van der Waals surface area contributed by atoms with Gasteiger partial charge in [-0.25, -0.2) is 0 Å². The van der Waals surface area contributed by atoms with Crippen LogP contribution in [-0.4, -0.2) is 35.3 Å². The highest BCUT2D eigenvalue weighted by Crippen LogP contribution is 2.18. The maximum absolute atomic E-state index is 4.22. The van der Waals surface area contributed by atoms with Crippen molar-refractivity contribution in [2.45, 2.75) is 19.5 Å². The minimum atomic E-state index is 0.345. The van der Waals surface area contributed by atoms with E-state index in [-0.39, 0.29) is 0 Å². The smallest absolute Gasteiger partial charge is 0.0534 e.